The van der Waals surface area contributed by atoms with Crippen molar-refractivity contribution in [1.82, 2.24) is 14.8 Å². The monoisotopic (exact) mass is 593 g/mol. The molecule has 0 aliphatic rings. The van der Waals surface area contributed by atoms with Crippen LogP contribution < -0.4 is 0 Å². The van der Waals surface area contributed by atoms with Crippen molar-refractivity contribution in [3.05, 3.63) is 29.1 Å². The van der Waals surface area contributed by atoms with Crippen LogP contribution in [0, 0.1) is 0 Å². The van der Waals surface area contributed by atoms with Crippen molar-refractivity contribution < 1.29 is 38.1 Å². The molecule has 0 aliphatic heterocycles. The van der Waals surface area contributed by atoms with Gasteiger partial charge in [-0.2, -0.15) is 0 Å². The molecule has 238 valence electrons. The largest absolute Gasteiger partial charge is 0.465 e. The lowest BCUT2D eigenvalue weighted by atomic mass is 10.0. The Morgan fingerprint density at radius 2 is 0.929 bits per heavy atom. The summed E-state index contributed by atoms with van der Waals surface area (Å²) in [4.78, 5) is 57.3. The lowest BCUT2D eigenvalue weighted by Gasteiger charge is -2.22. The fourth-order valence-electron chi connectivity index (χ4n) is 4.48. The van der Waals surface area contributed by atoms with Crippen LogP contribution in [-0.4, -0.2) is 91.3 Å². The average Bonchev–Trinajstić information content (AvgIpc) is 2.91. The number of aryl methyl sites for hydroxylation is 1. The summed E-state index contributed by atoms with van der Waals surface area (Å²) >= 11 is 0. The standard InChI is InChI=1S/C31H51N3O8/c1-6-11-12-13-14-15-16-25-17-26(19-33(21-28(35)39-7-2)22-29(36)40-8-3)32-27(18-25)20-34(23-30(37)41-9-4)24-31(38)42-10-5/h17-18H,6-16,19-24H2,1-5H3. The van der Waals surface area contributed by atoms with Crippen molar-refractivity contribution in [1.29, 1.82) is 0 Å². The van der Waals surface area contributed by atoms with E-state index in [-0.39, 0.29) is 65.7 Å². The Morgan fingerprint density at radius 3 is 1.29 bits per heavy atom. The number of carbonyl (C=O) groups excluding carboxylic acids is 4. The molecule has 11 nitrogen and oxygen atoms in total. The molecule has 0 atom stereocenters. The fourth-order valence-corrected chi connectivity index (χ4v) is 4.48. The smallest absolute Gasteiger partial charge is 0.320 e. The number of carbonyl (C=O) groups is 4. The molecule has 0 saturated heterocycles. The fraction of sp³-hybridized carbons (Fsp3) is 0.710. The highest BCUT2D eigenvalue weighted by molar-refractivity contribution is 5.75. The van der Waals surface area contributed by atoms with Gasteiger partial charge in [0.2, 0.25) is 0 Å². The van der Waals surface area contributed by atoms with Gasteiger partial charge in [-0.05, 0) is 58.2 Å². The third-order valence-electron chi connectivity index (χ3n) is 6.21. The molecule has 11 heteroatoms. The molecular formula is C31H51N3O8. The number of pyridine rings is 1. The minimum absolute atomic E-state index is 0.0941. The summed E-state index contributed by atoms with van der Waals surface area (Å²) in [5.74, 6) is -1.78. The van der Waals surface area contributed by atoms with Gasteiger partial charge in [0.15, 0.2) is 0 Å². The lowest BCUT2D eigenvalue weighted by molar-refractivity contribution is -0.150. The van der Waals surface area contributed by atoms with Crippen molar-refractivity contribution in [3.63, 3.8) is 0 Å². The molecule has 0 aromatic carbocycles. The molecule has 0 unspecified atom stereocenters. The maximum atomic E-state index is 12.3. The summed E-state index contributed by atoms with van der Waals surface area (Å²) in [6.07, 6.45) is 7.78. The zero-order valence-electron chi connectivity index (χ0n) is 26.3. The Hall–Kier alpha value is -3.05. The third-order valence-corrected chi connectivity index (χ3v) is 6.21. The van der Waals surface area contributed by atoms with E-state index < -0.39 is 23.9 Å². The second kappa shape index (κ2) is 22.5. The van der Waals surface area contributed by atoms with Gasteiger partial charge in [0, 0.05) is 13.1 Å². The highest BCUT2D eigenvalue weighted by atomic mass is 16.5. The number of unbranched alkanes of at least 4 members (excludes halogenated alkanes) is 5. The van der Waals surface area contributed by atoms with Gasteiger partial charge in [-0.15, -0.1) is 0 Å². The highest BCUT2D eigenvalue weighted by Crippen LogP contribution is 2.16. The van der Waals surface area contributed by atoms with Crippen LogP contribution in [-0.2, 0) is 57.6 Å². The van der Waals surface area contributed by atoms with Crippen LogP contribution in [0.2, 0.25) is 0 Å². The minimum Gasteiger partial charge on any atom is -0.465 e. The van der Waals surface area contributed by atoms with Gasteiger partial charge in [-0.25, -0.2) is 0 Å². The molecule has 0 amide bonds. The second-order valence-electron chi connectivity index (χ2n) is 9.99. The number of nitrogens with zero attached hydrogens (tertiary/aromatic N) is 3. The molecule has 0 N–H and O–H groups in total. The van der Waals surface area contributed by atoms with Crippen LogP contribution >= 0.6 is 0 Å². The molecule has 1 rings (SSSR count). The molecule has 0 saturated carbocycles. The van der Waals surface area contributed by atoms with E-state index in [1.54, 1.807) is 37.5 Å². The number of rotatable bonds is 23. The van der Waals surface area contributed by atoms with Gasteiger partial charge < -0.3 is 18.9 Å². The number of hydrogen-bond donors (Lipinski definition) is 0. The van der Waals surface area contributed by atoms with Gasteiger partial charge in [0.1, 0.15) is 0 Å². The number of ether oxygens (including phenoxy) is 4. The van der Waals surface area contributed by atoms with Gasteiger partial charge in [-0.1, -0.05) is 39.0 Å². The molecule has 0 spiro atoms. The first-order valence-corrected chi connectivity index (χ1v) is 15.3. The average molecular weight is 594 g/mol. The van der Waals surface area contributed by atoms with Crippen LogP contribution in [0.25, 0.3) is 0 Å². The number of aromatic nitrogens is 1. The van der Waals surface area contributed by atoms with E-state index in [2.05, 4.69) is 6.92 Å². The predicted octanol–water partition coefficient (Wildman–Crippen LogP) is 3.84. The first kappa shape index (κ1) is 37.0. The quantitative estimate of drug-likeness (QED) is 0.104. The number of esters is 4. The predicted molar refractivity (Wildman–Crippen MR) is 158 cm³/mol. The maximum Gasteiger partial charge on any atom is 0.320 e. The highest BCUT2D eigenvalue weighted by Gasteiger charge is 2.20. The normalized spacial score (nSPS) is 11.0. The van der Waals surface area contributed by atoms with Gasteiger partial charge in [-0.3, -0.25) is 34.0 Å². The Bertz CT molecular complexity index is 852. The topological polar surface area (TPSA) is 125 Å². The lowest BCUT2D eigenvalue weighted by Crippen LogP contribution is -2.37. The van der Waals surface area contributed by atoms with Crippen LogP contribution in [0.3, 0.4) is 0 Å². The van der Waals surface area contributed by atoms with E-state index in [9.17, 15) is 19.2 Å². The summed E-state index contributed by atoms with van der Waals surface area (Å²) in [6.45, 7) is 10.1. The Balaban J connectivity index is 3.26. The van der Waals surface area contributed by atoms with Crippen LogP contribution in [0.1, 0.15) is 90.1 Å². The molecule has 0 radical (unpaired) electrons. The molecule has 42 heavy (non-hydrogen) atoms. The van der Waals surface area contributed by atoms with Gasteiger partial charge in [0.25, 0.3) is 0 Å². The third kappa shape index (κ3) is 17.0. The summed E-state index contributed by atoms with van der Waals surface area (Å²) in [5, 5.41) is 0. The molecular weight excluding hydrogens is 542 g/mol. The Labute approximate surface area is 251 Å². The van der Waals surface area contributed by atoms with E-state index in [1.807, 2.05) is 12.1 Å². The number of hydrogen-bond acceptors (Lipinski definition) is 11. The van der Waals surface area contributed by atoms with E-state index in [1.165, 1.54) is 25.7 Å². The first-order chi connectivity index (χ1) is 20.2. The van der Waals surface area contributed by atoms with Gasteiger partial charge >= 0.3 is 23.9 Å². The Morgan fingerprint density at radius 1 is 0.571 bits per heavy atom. The zero-order valence-corrected chi connectivity index (χ0v) is 26.3. The SMILES string of the molecule is CCCCCCCCc1cc(CN(CC(=O)OCC)CC(=O)OCC)nc(CN(CC(=O)OCC)CC(=O)OCC)c1. The Kier molecular flexibility index (Phi) is 19.8. The van der Waals surface area contributed by atoms with E-state index in [0.29, 0.717) is 11.4 Å². The molecule has 0 aliphatic carbocycles. The molecule has 1 aromatic heterocycles. The van der Waals surface area contributed by atoms with E-state index >= 15 is 0 Å². The molecule has 0 fully saturated rings. The summed E-state index contributed by atoms with van der Waals surface area (Å²) in [5.41, 5.74) is 2.38. The maximum absolute atomic E-state index is 12.3. The summed E-state index contributed by atoms with van der Waals surface area (Å²) in [6, 6.07) is 3.97. The van der Waals surface area contributed by atoms with Crippen molar-refractivity contribution in [2.75, 3.05) is 52.6 Å². The molecule has 1 aromatic rings. The summed E-state index contributed by atoms with van der Waals surface area (Å²) in [7, 11) is 0. The van der Waals surface area contributed by atoms with Crippen LogP contribution in [0.4, 0.5) is 0 Å². The van der Waals surface area contributed by atoms with Crippen molar-refractivity contribution in [3.8, 4) is 0 Å². The van der Waals surface area contributed by atoms with Crippen molar-refractivity contribution in [2.24, 2.45) is 0 Å². The zero-order chi connectivity index (χ0) is 31.2. The first-order valence-electron chi connectivity index (χ1n) is 15.3. The van der Waals surface area contributed by atoms with Crippen molar-refractivity contribution >= 4 is 23.9 Å². The second-order valence-corrected chi connectivity index (χ2v) is 9.99. The van der Waals surface area contributed by atoms with Crippen molar-refractivity contribution in [2.45, 2.75) is 92.7 Å². The van der Waals surface area contributed by atoms with Crippen LogP contribution in [0.5, 0.6) is 0 Å². The van der Waals surface area contributed by atoms with E-state index in [4.69, 9.17) is 23.9 Å². The van der Waals surface area contributed by atoms with Gasteiger partial charge in [0.05, 0.1) is 64.0 Å². The molecule has 0 bridgehead atoms. The van der Waals surface area contributed by atoms with E-state index in [0.717, 1.165) is 24.8 Å². The summed E-state index contributed by atoms with van der Waals surface area (Å²) < 4.78 is 20.4. The minimum atomic E-state index is -0.444. The molecule has 1 heterocycles. The van der Waals surface area contributed by atoms with Crippen LogP contribution in [0.15, 0.2) is 12.1 Å².